The highest BCUT2D eigenvalue weighted by Crippen LogP contribution is 2.25. The van der Waals surface area contributed by atoms with Gasteiger partial charge in [0.05, 0.1) is 0 Å². The van der Waals surface area contributed by atoms with E-state index >= 15 is 0 Å². The highest BCUT2D eigenvalue weighted by atomic mass is 16.6. The van der Waals surface area contributed by atoms with Gasteiger partial charge in [0.2, 0.25) is 0 Å². The van der Waals surface area contributed by atoms with Gasteiger partial charge in [-0.25, -0.2) is 0 Å². The first-order valence-corrected chi connectivity index (χ1v) is 8.76. The Balaban J connectivity index is 2.48. The van der Waals surface area contributed by atoms with Crippen molar-refractivity contribution < 1.29 is 29.3 Å². The summed E-state index contributed by atoms with van der Waals surface area (Å²) >= 11 is 0. The molecule has 1 aromatic rings. The number of hydrogen-bond acceptors (Lipinski definition) is 7. The van der Waals surface area contributed by atoms with E-state index in [0.717, 1.165) is 6.42 Å². The summed E-state index contributed by atoms with van der Waals surface area (Å²) in [5.74, 6) is -1.07. The van der Waals surface area contributed by atoms with E-state index in [-0.39, 0.29) is 23.9 Å². The molecular weight excluding hydrogens is 338 g/mol. The van der Waals surface area contributed by atoms with Gasteiger partial charge in [-0.2, -0.15) is 0 Å². The van der Waals surface area contributed by atoms with E-state index in [4.69, 9.17) is 15.2 Å². The van der Waals surface area contributed by atoms with E-state index in [0.29, 0.717) is 17.9 Å². The third-order valence-corrected chi connectivity index (χ3v) is 4.00. The first-order chi connectivity index (χ1) is 12.1. The highest BCUT2D eigenvalue weighted by molar-refractivity contribution is 5.76. The van der Waals surface area contributed by atoms with Gasteiger partial charge in [-0.15, -0.1) is 0 Å². The molecule has 1 aromatic carbocycles. The molecule has 0 aliphatic heterocycles. The molecule has 7 nitrogen and oxygen atoms in total. The molecule has 0 unspecified atom stereocenters. The summed E-state index contributed by atoms with van der Waals surface area (Å²) in [6.45, 7) is 7.35. The van der Waals surface area contributed by atoms with Gasteiger partial charge in [-0.05, 0) is 50.3 Å². The summed E-state index contributed by atoms with van der Waals surface area (Å²) in [6.07, 6.45) is -0.00764. The van der Waals surface area contributed by atoms with Gasteiger partial charge in [-0.3, -0.25) is 9.59 Å². The van der Waals surface area contributed by atoms with Gasteiger partial charge in [0.1, 0.15) is 18.2 Å². The molecule has 0 aliphatic rings. The Kier molecular flexibility index (Phi) is 8.38. The number of nitrogens with two attached hydrogens (primary N) is 1. The zero-order valence-electron chi connectivity index (χ0n) is 15.8. The van der Waals surface area contributed by atoms with Crippen LogP contribution in [0.15, 0.2) is 18.2 Å². The smallest absolute Gasteiger partial charge is 0.323 e. The minimum atomic E-state index is -0.940. The van der Waals surface area contributed by atoms with Gasteiger partial charge in [0.25, 0.3) is 0 Å². The number of carbonyl (C=O) groups is 2. The molecular formula is C19H29NO6. The standard InChI is InChI=1S/C19H29NO6/c1-11(2)5-8-18(23)25-12(3)13(4)26-19(24)15(20)9-14-6-7-16(21)17(22)10-14/h6-7,10-13,15,21-22H,5,8-9,20H2,1-4H3/t12-,13+,15+/m1/s1. The van der Waals surface area contributed by atoms with Crippen LogP contribution in [0.3, 0.4) is 0 Å². The number of phenols is 2. The molecule has 3 atom stereocenters. The predicted octanol–water partition coefficient (Wildman–Crippen LogP) is 2.27. The fourth-order valence-electron chi connectivity index (χ4n) is 2.17. The quantitative estimate of drug-likeness (QED) is 0.452. The lowest BCUT2D eigenvalue weighted by molar-refractivity contribution is -0.166. The van der Waals surface area contributed by atoms with E-state index < -0.39 is 24.2 Å². The van der Waals surface area contributed by atoms with E-state index in [9.17, 15) is 19.8 Å². The first kappa shape index (κ1) is 21.8. The molecule has 4 N–H and O–H groups in total. The van der Waals surface area contributed by atoms with Crippen LogP contribution >= 0.6 is 0 Å². The van der Waals surface area contributed by atoms with Crippen LogP contribution in [-0.2, 0) is 25.5 Å². The maximum atomic E-state index is 12.1. The second-order valence-corrected chi connectivity index (χ2v) is 6.90. The number of phenolic OH excluding ortho intramolecular Hbond substituents is 2. The van der Waals surface area contributed by atoms with Crippen LogP contribution in [-0.4, -0.2) is 40.4 Å². The Labute approximate surface area is 154 Å². The molecule has 0 spiro atoms. The zero-order chi connectivity index (χ0) is 19.9. The average Bonchev–Trinajstić information content (AvgIpc) is 2.56. The topological polar surface area (TPSA) is 119 Å². The summed E-state index contributed by atoms with van der Waals surface area (Å²) in [5.41, 5.74) is 6.43. The van der Waals surface area contributed by atoms with Gasteiger partial charge in [0.15, 0.2) is 11.5 Å². The molecule has 0 fully saturated rings. The number of carbonyl (C=O) groups excluding carboxylic acids is 2. The minimum absolute atomic E-state index is 0.141. The largest absolute Gasteiger partial charge is 0.504 e. The molecule has 0 radical (unpaired) electrons. The molecule has 0 bridgehead atoms. The fourth-order valence-corrected chi connectivity index (χ4v) is 2.17. The molecule has 0 aliphatic carbocycles. The van der Waals surface area contributed by atoms with Crippen molar-refractivity contribution in [1.82, 2.24) is 0 Å². The Morgan fingerprint density at radius 2 is 1.65 bits per heavy atom. The van der Waals surface area contributed by atoms with Gasteiger partial charge in [-0.1, -0.05) is 19.9 Å². The monoisotopic (exact) mass is 367 g/mol. The first-order valence-electron chi connectivity index (χ1n) is 8.76. The molecule has 1 rings (SSSR count). The lowest BCUT2D eigenvalue weighted by atomic mass is 10.1. The van der Waals surface area contributed by atoms with Crippen LogP contribution in [0.1, 0.15) is 46.1 Å². The van der Waals surface area contributed by atoms with Crippen LogP contribution in [0.2, 0.25) is 0 Å². The van der Waals surface area contributed by atoms with E-state index in [1.165, 1.54) is 12.1 Å². The number of ether oxygens (including phenoxy) is 2. The van der Waals surface area contributed by atoms with Gasteiger partial charge >= 0.3 is 11.9 Å². The van der Waals surface area contributed by atoms with Gasteiger partial charge in [0, 0.05) is 6.42 Å². The van der Waals surface area contributed by atoms with Crippen molar-refractivity contribution in [2.45, 2.75) is 65.2 Å². The summed E-state index contributed by atoms with van der Waals surface area (Å²) in [7, 11) is 0. The zero-order valence-corrected chi connectivity index (χ0v) is 15.8. The van der Waals surface area contributed by atoms with Crippen LogP contribution in [0.25, 0.3) is 0 Å². The van der Waals surface area contributed by atoms with Crippen molar-refractivity contribution in [1.29, 1.82) is 0 Å². The lowest BCUT2D eigenvalue weighted by Gasteiger charge is -2.22. The summed E-state index contributed by atoms with van der Waals surface area (Å²) in [5, 5.41) is 18.8. The predicted molar refractivity (Wildman–Crippen MR) is 96.6 cm³/mol. The highest BCUT2D eigenvalue weighted by Gasteiger charge is 2.24. The fraction of sp³-hybridized carbons (Fsp3) is 0.579. The lowest BCUT2D eigenvalue weighted by Crippen LogP contribution is -2.39. The molecule has 0 amide bonds. The van der Waals surface area contributed by atoms with Crippen LogP contribution in [0.5, 0.6) is 11.5 Å². The third-order valence-electron chi connectivity index (χ3n) is 4.00. The SMILES string of the molecule is CC(C)CCC(=O)O[C@H](C)[C@H](C)OC(=O)[C@@H](N)Cc1ccc(O)c(O)c1. The number of esters is 2. The summed E-state index contributed by atoms with van der Waals surface area (Å²) in [6, 6.07) is 3.28. The molecule has 26 heavy (non-hydrogen) atoms. The molecule has 0 heterocycles. The maximum absolute atomic E-state index is 12.1. The Bertz CT molecular complexity index is 616. The average molecular weight is 367 g/mol. The second kappa shape index (κ2) is 10.0. The Morgan fingerprint density at radius 3 is 2.23 bits per heavy atom. The molecule has 7 heteroatoms. The van der Waals surface area contributed by atoms with E-state index in [2.05, 4.69) is 0 Å². The second-order valence-electron chi connectivity index (χ2n) is 6.90. The number of benzene rings is 1. The van der Waals surface area contributed by atoms with Crippen molar-refractivity contribution >= 4 is 11.9 Å². The van der Waals surface area contributed by atoms with Crippen molar-refractivity contribution in [3.63, 3.8) is 0 Å². The van der Waals surface area contributed by atoms with E-state index in [1.54, 1.807) is 19.9 Å². The van der Waals surface area contributed by atoms with Crippen molar-refractivity contribution in [3.8, 4) is 11.5 Å². The molecule has 146 valence electrons. The number of aromatic hydroxyl groups is 2. The van der Waals surface area contributed by atoms with Crippen molar-refractivity contribution in [2.75, 3.05) is 0 Å². The van der Waals surface area contributed by atoms with Gasteiger partial charge < -0.3 is 25.4 Å². The van der Waals surface area contributed by atoms with Crippen molar-refractivity contribution in [2.24, 2.45) is 11.7 Å². The Hall–Kier alpha value is -2.28. The van der Waals surface area contributed by atoms with E-state index in [1.807, 2.05) is 13.8 Å². The summed E-state index contributed by atoms with van der Waals surface area (Å²) in [4.78, 5) is 23.9. The van der Waals surface area contributed by atoms with Crippen LogP contribution in [0.4, 0.5) is 0 Å². The number of rotatable bonds is 9. The molecule has 0 aromatic heterocycles. The Morgan fingerprint density at radius 1 is 1.04 bits per heavy atom. The molecule has 0 saturated carbocycles. The maximum Gasteiger partial charge on any atom is 0.323 e. The molecule has 0 saturated heterocycles. The van der Waals surface area contributed by atoms with Crippen LogP contribution in [0, 0.1) is 5.92 Å². The van der Waals surface area contributed by atoms with Crippen molar-refractivity contribution in [3.05, 3.63) is 23.8 Å². The summed E-state index contributed by atoms with van der Waals surface area (Å²) < 4.78 is 10.5. The third kappa shape index (κ3) is 7.31. The van der Waals surface area contributed by atoms with Crippen LogP contribution < -0.4 is 5.73 Å². The number of hydrogen-bond donors (Lipinski definition) is 3. The normalized spacial score (nSPS) is 14.5. The minimum Gasteiger partial charge on any atom is -0.504 e.